The molecule has 14 nitrogen and oxygen atoms in total. The summed E-state index contributed by atoms with van der Waals surface area (Å²) in [5, 5.41) is 8.86. The van der Waals surface area contributed by atoms with Crippen LogP contribution >= 0.6 is 34.8 Å². The molecule has 0 saturated carbocycles. The SMILES string of the molecule is C[C@H](O)C(=O)O[C@@H](C)C(=O)O[C@@H](C)C(=O)O[C@@H](C)C(=O)O[C@@H](C)C(=O)O[C@@H](C)C(=O)OC(=O)c1c(Cl)cc(Cl)cc1Cl. The number of hydrogen-bond acceptors (Lipinski definition) is 14. The van der Waals surface area contributed by atoms with Crippen LogP contribution in [0.5, 0.6) is 0 Å². The second kappa shape index (κ2) is 16.2. The first kappa shape index (κ1) is 36.6. The highest BCUT2D eigenvalue weighted by atomic mass is 35.5. The van der Waals surface area contributed by atoms with Gasteiger partial charge in [0.1, 0.15) is 6.10 Å². The summed E-state index contributed by atoms with van der Waals surface area (Å²) in [6.07, 6.45) is -9.33. The van der Waals surface area contributed by atoms with Crippen molar-refractivity contribution >= 4 is 76.6 Å². The molecule has 0 radical (unpaired) electrons. The van der Waals surface area contributed by atoms with Gasteiger partial charge in [-0.25, -0.2) is 33.6 Å². The van der Waals surface area contributed by atoms with E-state index in [0.29, 0.717) is 0 Å². The van der Waals surface area contributed by atoms with Gasteiger partial charge in [0.15, 0.2) is 30.5 Å². The Hall–Kier alpha value is -3.46. The number of carbonyl (C=O) groups is 7. The molecule has 0 saturated heterocycles. The Morgan fingerprint density at radius 3 is 1.14 bits per heavy atom. The molecule has 17 heteroatoms. The van der Waals surface area contributed by atoms with Gasteiger partial charge in [-0.05, 0) is 53.7 Å². The molecule has 1 rings (SSSR count). The van der Waals surface area contributed by atoms with Crippen molar-refractivity contribution in [3.63, 3.8) is 0 Å². The van der Waals surface area contributed by atoms with Gasteiger partial charge in [0, 0.05) is 5.02 Å². The first-order valence-electron chi connectivity index (χ1n) is 12.0. The molecule has 0 bridgehead atoms. The van der Waals surface area contributed by atoms with Gasteiger partial charge in [-0.15, -0.1) is 0 Å². The summed E-state index contributed by atoms with van der Waals surface area (Å²) in [5.74, 6) is -8.36. The zero-order chi connectivity index (χ0) is 32.5. The first-order chi connectivity index (χ1) is 19.3. The molecule has 232 valence electrons. The van der Waals surface area contributed by atoms with E-state index in [4.69, 9.17) is 58.9 Å². The van der Waals surface area contributed by atoms with Gasteiger partial charge in [0.05, 0.1) is 15.6 Å². The van der Waals surface area contributed by atoms with E-state index >= 15 is 0 Å². The first-order valence-corrected chi connectivity index (χ1v) is 13.1. The molecule has 0 aliphatic heterocycles. The Kier molecular flexibility index (Phi) is 14.1. The largest absolute Gasteiger partial charge is 0.449 e. The molecule has 1 aromatic rings. The summed E-state index contributed by atoms with van der Waals surface area (Å²) in [5.41, 5.74) is -0.348. The second-order valence-electron chi connectivity index (χ2n) is 8.52. The van der Waals surface area contributed by atoms with Crippen LogP contribution in [0.1, 0.15) is 51.9 Å². The fourth-order valence-corrected chi connectivity index (χ4v) is 3.53. The molecule has 0 fully saturated rings. The highest BCUT2D eigenvalue weighted by Gasteiger charge is 2.32. The van der Waals surface area contributed by atoms with Crippen LogP contribution in [0.3, 0.4) is 0 Å². The van der Waals surface area contributed by atoms with Gasteiger partial charge in [-0.1, -0.05) is 34.8 Å². The molecule has 1 N–H and O–H groups in total. The van der Waals surface area contributed by atoms with Crippen LogP contribution in [-0.4, -0.2) is 83.5 Å². The molecule has 42 heavy (non-hydrogen) atoms. The van der Waals surface area contributed by atoms with Crippen LogP contribution in [-0.2, 0) is 57.2 Å². The number of benzene rings is 1. The van der Waals surface area contributed by atoms with Crippen LogP contribution < -0.4 is 0 Å². The average molecular weight is 658 g/mol. The molecule has 1 aromatic carbocycles. The molecule has 0 spiro atoms. The van der Waals surface area contributed by atoms with Crippen LogP contribution in [0.25, 0.3) is 0 Å². The molecule has 0 amide bonds. The summed E-state index contributed by atoms with van der Waals surface area (Å²) in [6, 6.07) is 2.39. The highest BCUT2D eigenvalue weighted by molar-refractivity contribution is 6.42. The normalized spacial score (nSPS) is 15.0. The predicted molar refractivity (Wildman–Crippen MR) is 141 cm³/mol. The molecule has 0 aliphatic carbocycles. The van der Waals surface area contributed by atoms with Crippen LogP contribution in [0.4, 0.5) is 0 Å². The van der Waals surface area contributed by atoms with Crippen molar-refractivity contribution in [2.75, 3.05) is 0 Å². The minimum atomic E-state index is -1.64. The third-order valence-corrected chi connectivity index (χ3v) is 5.68. The van der Waals surface area contributed by atoms with Gasteiger partial charge in [-0.3, -0.25) is 0 Å². The van der Waals surface area contributed by atoms with E-state index < -0.39 is 78.4 Å². The van der Waals surface area contributed by atoms with Crippen molar-refractivity contribution in [2.24, 2.45) is 0 Å². The summed E-state index contributed by atoms with van der Waals surface area (Å²) < 4.78 is 28.7. The minimum Gasteiger partial charge on any atom is -0.449 e. The highest BCUT2D eigenvalue weighted by Crippen LogP contribution is 2.29. The Bertz CT molecular complexity index is 1210. The van der Waals surface area contributed by atoms with E-state index in [2.05, 4.69) is 9.47 Å². The van der Waals surface area contributed by atoms with Gasteiger partial charge < -0.3 is 33.5 Å². The second-order valence-corrected chi connectivity index (χ2v) is 9.78. The van der Waals surface area contributed by atoms with Gasteiger partial charge >= 0.3 is 41.8 Å². The van der Waals surface area contributed by atoms with Gasteiger partial charge in [0.2, 0.25) is 0 Å². The van der Waals surface area contributed by atoms with Crippen LogP contribution in [0.15, 0.2) is 12.1 Å². The van der Waals surface area contributed by atoms with Crippen molar-refractivity contribution < 1.29 is 67.1 Å². The Morgan fingerprint density at radius 2 is 0.833 bits per heavy atom. The minimum absolute atomic E-state index is 0.129. The summed E-state index contributed by atoms with van der Waals surface area (Å²) >= 11 is 17.6. The van der Waals surface area contributed by atoms with Crippen LogP contribution in [0, 0.1) is 0 Å². The summed E-state index contributed by atoms with van der Waals surface area (Å²) in [7, 11) is 0. The maximum Gasteiger partial charge on any atom is 0.355 e. The lowest BCUT2D eigenvalue weighted by atomic mass is 10.2. The van der Waals surface area contributed by atoms with Gasteiger partial charge in [-0.2, -0.15) is 0 Å². The van der Waals surface area contributed by atoms with Crippen molar-refractivity contribution in [1.29, 1.82) is 0 Å². The number of rotatable bonds is 12. The standard InChI is InChI=1S/C25H27Cl3O14/c1-9(29)19(30)37-10(2)20(31)38-11(3)21(32)39-12(4)22(33)40-13(5)23(34)41-14(6)24(35)42-25(36)18-16(27)7-15(26)8-17(18)28/h7-14,29H,1-6H3/t9-,10-,11-,12-,13-,14-/m0/s1. The number of halogens is 3. The number of ether oxygens (including phenoxy) is 6. The van der Waals surface area contributed by atoms with Crippen molar-refractivity contribution in [3.05, 3.63) is 32.8 Å². The average Bonchev–Trinajstić information content (AvgIpc) is 2.87. The van der Waals surface area contributed by atoms with E-state index in [9.17, 15) is 33.6 Å². The maximum absolute atomic E-state index is 12.3. The number of carbonyl (C=O) groups excluding carboxylic acids is 7. The number of aliphatic hydroxyl groups is 1. The Morgan fingerprint density at radius 1 is 0.548 bits per heavy atom. The Balaban J connectivity index is 2.60. The third kappa shape index (κ3) is 11.1. The fraction of sp³-hybridized carbons (Fsp3) is 0.480. The lowest BCUT2D eigenvalue weighted by Crippen LogP contribution is -2.39. The van der Waals surface area contributed by atoms with Crippen LogP contribution in [0.2, 0.25) is 15.1 Å². The number of aliphatic hydroxyl groups excluding tert-OH is 1. The molecular weight excluding hydrogens is 631 g/mol. The lowest BCUT2D eigenvalue weighted by Gasteiger charge is -2.20. The number of esters is 7. The summed E-state index contributed by atoms with van der Waals surface area (Å²) in [4.78, 5) is 84.6. The lowest BCUT2D eigenvalue weighted by molar-refractivity contribution is -0.187. The van der Waals surface area contributed by atoms with E-state index in [1.54, 1.807) is 0 Å². The molecule has 0 aromatic heterocycles. The molecule has 0 aliphatic rings. The van der Waals surface area contributed by atoms with Crippen molar-refractivity contribution in [1.82, 2.24) is 0 Å². The van der Waals surface area contributed by atoms with E-state index in [1.165, 1.54) is 12.1 Å². The molecule has 0 heterocycles. The smallest absolute Gasteiger partial charge is 0.355 e. The fourth-order valence-electron chi connectivity index (χ4n) is 2.56. The third-order valence-electron chi connectivity index (χ3n) is 4.87. The van der Waals surface area contributed by atoms with Crippen molar-refractivity contribution in [3.8, 4) is 0 Å². The van der Waals surface area contributed by atoms with E-state index in [-0.39, 0.29) is 20.6 Å². The molecule has 0 unspecified atom stereocenters. The monoisotopic (exact) mass is 656 g/mol. The van der Waals surface area contributed by atoms with Crippen molar-refractivity contribution in [2.45, 2.75) is 78.2 Å². The molecular formula is C25H27Cl3O14. The van der Waals surface area contributed by atoms with E-state index in [0.717, 1.165) is 41.5 Å². The Labute approximate surface area is 254 Å². The predicted octanol–water partition coefficient (Wildman–Crippen LogP) is 2.37. The van der Waals surface area contributed by atoms with Gasteiger partial charge in [0.25, 0.3) is 0 Å². The quantitative estimate of drug-likeness (QED) is 0.195. The summed E-state index contributed by atoms with van der Waals surface area (Å²) in [6.45, 7) is 6.64. The maximum atomic E-state index is 12.3. The number of hydrogen-bond donors (Lipinski definition) is 1. The van der Waals surface area contributed by atoms with E-state index in [1.807, 2.05) is 0 Å². The zero-order valence-corrected chi connectivity index (χ0v) is 25.3. The zero-order valence-electron chi connectivity index (χ0n) is 23.0. The molecule has 6 atom stereocenters. The topological polar surface area (TPSA) is 195 Å².